The Kier molecular flexibility index (Phi) is 4.44. The minimum atomic E-state index is -0.131. The van der Waals surface area contributed by atoms with Crippen molar-refractivity contribution in [1.29, 1.82) is 0 Å². The fourth-order valence-electron chi connectivity index (χ4n) is 6.51. The molecule has 1 aromatic carbocycles. The van der Waals surface area contributed by atoms with E-state index in [-0.39, 0.29) is 17.8 Å². The third-order valence-electron chi connectivity index (χ3n) is 8.44. The molecule has 6 nitrogen and oxygen atoms in total. The molecule has 2 unspecified atom stereocenters. The topological polar surface area (TPSA) is 69.3 Å². The molecule has 1 saturated carbocycles. The molecule has 4 heterocycles. The van der Waals surface area contributed by atoms with E-state index in [4.69, 9.17) is 0 Å². The SMILES string of the molecule is O=C(N[C@@H]1CCc2cc(N3CC4CCC(C3)N4)cc(F)c2C1)c1cnc2c(c1)[C@H]1C[C@H]1CN2. The second kappa shape index (κ2) is 7.42. The van der Waals surface area contributed by atoms with Crippen molar-refractivity contribution in [2.24, 2.45) is 5.92 Å². The second-order valence-corrected chi connectivity index (χ2v) is 10.7. The number of nitrogens with one attached hydrogen (secondary N) is 3. The Morgan fingerprint density at radius 3 is 2.85 bits per heavy atom. The lowest BCUT2D eigenvalue weighted by Gasteiger charge is -2.35. The second-order valence-electron chi connectivity index (χ2n) is 10.7. The van der Waals surface area contributed by atoms with E-state index < -0.39 is 0 Å². The smallest absolute Gasteiger partial charge is 0.253 e. The first-order chi connectivity index (χ1) is 16.1. The maximum Gasteiger partial charge on any atom is 0.253 e. The number of pyridine rings is 1. The van der Waals surface area contributed by atoms with Crippen LogP contribution in [0.3, 0.4) is 0 Å². The summed E-state index contributed by atoms with van der Waals surface area (Å²) in [6.07, 6.45) is 7.45. The lowest BCUT2D eigenvalue weighted by atomic mass is 9.87. The molecule has 5 aliphatic rings. The third-order valence-corrected chi connectivity index (χ3v) is 8.44. The first-order valence-electron chi connectivity index (χ1n) is 12.5. The number of carbonyl (C=O) groups excluding carboxylic acids is 1. The normalized spacial score (nSPS) is 31.2. The zero-order chi connectivity index (χ0) is 22.1. The molecule has 2 aromatic rings. The highest BCUT2D eigenvalue weighted by Gasteiger charge is 2.43. The van der Waals surface area contributed by atoms with Crippen molar-refractivity contribution in [1.82, 2.24) is 15.6 Å². The number of benzene rings is 1. The molecule has 1 amide bonds. The summed E-state index contributed by atoms with van der Waals surface area (Å²) in [6.45, 7) is 2.90. The van der Waals surface area contributed by atoms with Crippen molar-refractivity contribution in [3.63, 3.8) is 0 Å². The van der Waals surface area contributed by atoms with Crippen molar-refractivity contribution in [3.05, 3.63) is 52.5 Å². The number of piperazine rings is 1. The van der Waals surface area contributed by atoms with E-state index >= 15 is 4.39 Å². The number of rotatable bonds is 3. The van der Waals surface area contributed by atoms with Crippen LogP contribution in [0.4, 0.5) is 15.9 Å². The van der Waals surface area contributed by atoms with Crippen molar-refractivity contribution < 1.29 is 9.18 Å². The van der Waals surface area contributed by atoms with Crippen LogP contribution < -0.4 is 20.9 Å². The molecule has 5 atom stereocenters. The summed E-state index contributed by atoms with van der Waals surface area (Å²) >= 11 is 0. The number of hydrogen-bond donors (Lipinski definition) is 3. The number of hydrogen-bond acceptors (Lipinski definition) is 5. The van der Waals surface area contributed by atoms with E-state index in [0.29, 0.717) is 35.9 Å². The predicted molar refractivity (Wildman–Crippen MR) is 125 cm³/mol. The number of aryl methyl sites for hydroxylation is 1. The fraction of sp³-hybridized carbons (Fsp3) is 0.538. The standard InChI is InChI=1S/C26H30FN5O/c27-24-9-20(32-12-18-3-4-19(13-32)30-18)5-14-1-2-17(8-22(14)24)31-26(33)16-7-23-21-6-15(21)10-28-25(23)29-11-16/h5,7,9,11,15,17-19,21,30H,1-4,6,8,10,12-13H2,(H,28,29)(H,31,33)/t15-,17+,18?,19?,21-/m0/s1. The highest BCUT2D eigenvalue weighted by atomic mass is 19.1. The first-order valence-corrected chi connectivity index (χ1v) is 12.5. The zero-order valence-corrected chi connectivity index (χ0v) is 18.7. The first kappa shape index (κ1) is 19.8. The van der Waals surface area contributed by atoms with Crippen LogP contribution in [-0.4, -0.2) is 48.7 Å². The molecule has 3 N–H and O–H groups in total. The monoisotopic (exact) mass is 447 g/mol. The quantitative estimate of drug-likeness (QED) is 0.675. The Bertz CT molecular complexity index is 1120. The molecule has 7 heteroatoms. The Morgan fingerprint density at radius 1 is 1.15 bits per heavy atom. The number of aromatic nitrogens is 1. The predicted octanol–water partition coefficient (Wildman–Crippen LogP) is 2.98. The van der Waals surface area contributed by atoms with Crippen LogP contribution in [0.1, 0.15) is 58.6 Å². The van der Waals surface area contributed by atoms with E-state index in [1.165, 1.54) is 24.8 Å². The minimum absolute atomic E-state index is 0.0526. The average molecular weight is 448 g/mol. The van der Waals surface area contributed by atoms with Crippen LogP contribution >= 0.6 is 0 Å². The lowest BCUT2D eigenvalue weighted by Crippen LogP contribution is -2.51. The van der Waals surface area contributed by atoms with E-state index in [9.17, 15) is 4.79 Å². The molecule has 1 aromatic heterocycles. The van der Waals surface area contributed by atoms with Gasteiger partial charge >= 0.3 is 0 Å². The van der Waals surface area contributed by atoms with Gasteiger partial charge in [0.05, 0.1) is 5.56 Å². The Balaban J connectivity index is 1.06. The summed E-state index contributed by atoms with van der Waals surface area (Å²) in [7, 11) is 0. The van der Waals surface area contributed by atoms with Crippen LogP contribution in [0.15, 0.2) is 24.4 Å². The largest absolute Gasteiger partial charge is 0.370 e. The van der Waals surface area contributed by atoms with E-state index in [0.717, 1.165) is 55.1 Å². The molecule has 3 fully saturated rings. The molecule has 2 aliphatic carbocycles. The molecule has 7 rings (SSSR count). The third kappa shape index (κ3) is 3.48. The molecule has 3 aliphatic heterocycles. The van der Waals surface area contributed by atoms with Gasteiger partial charge < -0.3 is 20.9 Å². The summed E-state index contributed by atoms with van der Waals surface area (Å²) in [5, 5.41) is 10.2. The maximum atomic E-state index is 15.2. The average Bonchev–Trinajstić information content (AvgIpc) is 3.56. The molecule has 2 saturated heterocycles. The van der Waals surface area contributed by atoms with Crippen LogP contribution in [0, 0.1) is 11.7 Å². The lowest BCUT2D eigenvalue weighted by molar-refractivity contribution is 0.0933. The number of halogens is 1. The molecule has 33 heavy (non-hydrogen) atoms. The van der Waals surface area contributed by atoms with Gasteiger partial charge in [0.1, 0.15) is 11.6 Å². The molecular weight excluding hydrogens is 417 g/mol. The fourth-order valence-corrected chi connectivity index (χ4v) is 6.51. The number of fused-ring (bicyclic) bond motifs is 6. The van der Waals surface area contributed by atoms with Gasteiger partial charge in [-0.05, 0) is 85.3 Å². The minimum Gasteiger partial charge on any atom is -0.370 e. The van der Waals surface area contributed by atoms with Crippen LogP contribution in [0.2, 0.25) is 0 Å². The van der Waals surface area contributed by atoms with Gasteiger partial charge in [-0.3, -0.25) is 4.79 Å². The van der Waals surface area contributed by atoms with Crippen molar-refractivity contribution in [2.75, 3.05) is 29.9 Å². The van der Waals surface area contributed by atoms with E-state index in [1.54, 1.807) is 12.3 Å². The van der Waals surface area contributed by atoms with Gasteiger partial charge in [-0.1, -0.05) is 0 Å². The van der Waals surface area contributed by atoms with Gasteiger partial charge in [-0.2, -0.15) is 0 Å². The van der Waals surface area contributed by atoms with Crippen molar-refractivity contribution >= 4 is 17.4 Å². The maximum absolute atomic E-state index is 15.2. The Hall–Kier alpha value is -2.67. The van der Waals surface area contributed by atoms with Crippen LogP contribution in [0.5, 0.6) is 0 Å². The number of amides is 1. The van der Waals surface area contributed by atoms with Gasteiger partial charge in [-0.15, -0.1) is 0 Å². The highest BCUT2D eigenvalue weighted by Crippen LogP contribution is 2.52. The van der Waals surface area contributed by atoms with Crippen LogP contribution in [0.25, 0.3) is 0 Å². The molecule has 2 bridgehead atoms. The summed E-state index contributed by atoms with van der Waals surface area (Å²) in [5.41, 5.74) is 4.66. The molecule has 0 radical (unpaired) electrons. The van der Waals surface area contributed by atoms with Gasteiger partial charge in [0.25, 0.3) is 5.91 Å². The molecule has 0 spiro atoms. The van der Waals surface area contributed by atoms with Gasteiger partial charge in [0.2, 0.25) is 0 Å². The Morgan fingerprint density at radius 2 is 2.00 bits per heavy atom. The van der Waals surface area contributed by atoms with Crippen LogP contribution in [-0.2, 0) is 12.8 Å². The number of anilines is 2. The summed E-state index contributed by atoms with van der Waals surface area (Å²) < 4.78 is 15.2. The summed E-state index contributed by atoms with van der Waals surface area (Å²) in [4.78, 5) is 19.8. The number of nitrogens with zero attached hydrogens (tertiary/aromatic N) is 2. The summed E-state index contributed by atoms with van der Waals surface area (Å²) in [5.74, 6) is 1.93. The molecular formula is C26H30FN5O. The van der Waals surface area contributed by atoms with E-state index in [2.05, 4.69) is 31.9 Å². The van der Waals surface area contributed by atoms with Gasteiger partial charge in [0, 0.05) is 49.6 Å². The van der Waals surface area contributed by atoms with Crippen molar-refractivity contribution in [3.8, 4) is 0 Å². The zero-order valence-electron chi connectivity index (χ0n) is 18.7. The van der Waals surface area contributed by atoms with Gasteiger partial charge in [-0.25, -0.2) is 9.37 Å². The summed E-state index contributed by atoms with van der Waals surface area (Å²) in [6, 6.07) is 6.90. The Labute approximate surface area is 193 Å². The van der Waals surface area contributed by atoms with Gasteiger partial charge in [0.15, 0.2) is 0 Å². The van der Waals surface area contributed by atoms with E-state index in [1.807, 2.05) is 6.07 Å². The number of carbonyl (C=O) groups is 1. The van der Waals surface area contributed by atoms with Crippen molar-refractivity contribution in [2.45, 2.75) is 62.6 Å². The highest BCUT2D eigenvalue weighted by molar-refractivity contribution is 5.94. The molecule has 172 valence electrons.